The molecule has 0 amide bonds. The van der Waals surface area contributed by atoms with Crippen LogP contribution in [0.4, 0.5) is 27.6 Å². The molecule has 1 fully saturated rings. The lowest BCUT2D eigenvalue weighted by Crippen LogP contribution is -2.46. The molecule has 5 nitrogen and oxygen atoms in total. The van der Waals surface area contributed by atoms with Crippen molar-refractivity contribution in [2.75, 3.05) is 19.5 Å². The van der Waals surface area contributed by atoms with Crippen LogP contribution < -0.4 is 15.5 Å². The highest BCUT2D eigenvalue weighted by Gasteiger charge is 2.65. The number of aromatic amines is 1. The van der Waals surface area contributed by atoms with Crippen molar-refractivity contribution in [2.45, 2.75) is 44.6 Å². The van der Waals surface area contributed by atoms with Crippen molar-refractivity contribution in [3.05, 3.63) is 57.0 Å². The molecule has 0 saturated carbocycles. The average molecular weight is 446 g/mol. The van der Waals surface area contributed by atoms with Crippen LogP contribution in [0.25, 0.3) is 0 Å². The Hall–Kier alpha value is -2.62. The maximum Gasteiger partial charge on any atom is 0.417 e. The van der Waals surface area contributed by atoms with Crippen LogP contribution in [0.15, 0.2) is 23.0 Å². The molecule has 31 heavy (non-hydrogen) atoms. The molecule has 4 atom stereocenters. The molecular formula is C21H23F5N2O3. The lowest BCUT2D eigenvalue weighted by atomic mass is 9.76. The standard InChI is InChI=1S/C21H23F5N2O3/c1-9-8-13(29)16(27-4)17(28-9)19-14(10(2)20(3,31-19)21(24,25)26)11-6-7-12(22)15(23)18(11)30-5/h6-8,10,14,19,27H,1-5H3,(H,28,29)/t10-,14-,19+,20+/m0/s1. The molecule has 1 aliphatic heterocycles. The molecule has 0 unspecified atom stereocenters. The van der Waals surface area contributed by atoms with E-state index in [0.717, 1.165) is 20.1 Å². The number of methoxy groups -OCH3 is 1. The molecule has 0 radical (unpaired) electrons. The predicted octanol–water partition coefficient (Wildman–Crippen LogP) is 4.82. The quantitative estimate of drug-likeness (QED) is 0.661. The topological polar surface area (TPSA) is 63.4 Å². The molecular weight excluding hydrogens is 423 g/mol. The van der Waals surface area contributed by atoms with Gasteiger partial charge in [0.15, 0.2) is 17.2 Å². The van der Waals surface area contributed by atoms with Crippen LogP contribution in [0.2, 0.25) is 0 Å². The van der Waals surface area contributed by atoms with E-state index in [9.17, 15) is 26.7 Å². The summed E-state index contributed by atoms with van der Waals surface area (Å²) in [6, 6.07) is 3.31. The number of pyridine rings is 1. The third-order valence-corrected chi connectivity index (χ3v) is 6.04. The van der Waals surface area contributed by atoms with Gasteiger partial charge in [-0.15, -0.1) is 0 Å². The highest BCUT2D eigenvalue weighted by molar-refractivity contribution is 5.51. The van der Waals surface area contributed by atoms with Gasteiger partial charge in [-0.25, -0.2) is 4.39 Å². The molecule has 0 spiro atoms. The molecule has 2 N–H and O–H groups in total. The zero-order valence-corrected chi connectivity index (χ0v) is 17.6. The predicted molar refractivity (Wildman–Crippen MR) is 104 cm³/mol. The van der Waals surface area contributed by atoms with E-state index in [0.29, 0.717) is 5.69 Å². The van der Waals surface area contributed by atoms with Crippen LogP contribution in [0.1, 0.15) is 42.8 Å². The number of ether oxygens (including phenoxy) is 2. The Morgan fingerprint density at radius 1 is 1.26 bits per heavy atom. The van der Waals surface area contributed by atoms with Crippen LogP contribution >= 0.6 is 0 Å². The molecule has 1 aliphatic rings. The van der Waals surface area contributed by atoms with E-state index < -0.39 is 52.5 Å². The smallest absolute Gasteiger partial charge is 0.417 e. The van der Waals surface area contributed by atoms with Crippen LogP contribution in [-0.2, 0) is 4.74 Å². The number of benzene rings is 1. The van der Waals surface area contributed by atoms with E-state index >= 15 is 0 Å². The summed E-state index contributed by atoms with van der Waals surface area (Å²) in [5.41, 5.74) is -2.53. The first kappa shape index (κ1) is 23.1. The zero-order chi connectivity index (χ0) is 23.3. The Kier molecular flexibility index (Phi) is 5.81. The van der Waals surface area contributed by atoms with E-state index in [-0.39, 0.29) is 16.9 Å². The second-order valence-electron chi connectivity index (χ2n) is 7.80. The third kappa shape index (κ3) is 3.56. The van der Waals surface area contributed by atoms with Crippen molar-refractivity contribution in [3.63, 3.8) is 0 Å². The molecule has 0 bridgehead atoms. The summed E-state index contributed by atoms with van der Waals surface area (Å²) in [4.78, 5) is 15.4. The second kappa shape index (κ2) is 7.81. The maximum absolute atomic E-state index is 14.4. The highest BCUT2D eigenvalue weighted by Crippen LogP contribution is 2.59. The number of alkyl halides is 3. The number of H-pyrrole nitrogens is 1. The van der Waals surface area contributed by atoms with Crippen molar-refractivity contribution >= 4 is 5.69 Å². The fourth-order valence-corrected chi connectivity index (χ4v) is 4.25. The van der Waals surface area contributed by atoms with E-state index in [1.807, 2.05) is 0 Å². The van der Waals surface area contributed by atoms with E-state index in [2.05, 4.69) is 10.3 Å². The zero-order valence-electron chi connectivity index (χ0n) is 17.6. The minimum atomic E-state index is -4.77. The first-order chi connectivity index (χ1) is 14.4. The van der Waals surface area contributed by atoms with Crippen LogP contribution in [0.5, 0.6) is 5.75 Å². The van der Waals surface area contributed by atoms with Gasteiger partial charge in [0.25, 0.3) is 0 Å². The van der Waals surface area contributed by atoms with Crippen LogP contribution in [0.3, 0.4) is 0 Å². The van der Waals surface area contributed by atoms with Gasteiger partial charge in [0.1, 0.15) is 11.8 Å². The summed E-state index contributed by atoms with van der Waals surface area (Å²) in [5.74, 6) is -5.34. The number of nitrogens with one attached hydrogen (secondary N) is 2. The number of hydrogen-bond donors (Lipinski definition) is 2. The summed E-state index contributed by atoms with van der Waals surface area (Å²) in [5, 5.41) is 2.70. The summed E-state index contributed by atoms with van der Waals surface area (Å²) in [6.45, 7) is 3.81. The van der Waals surface area contributed by atoms with E-state index in [1.165, 1.54) is 26.1 Å². The Morgan fingerprint density at radius 2 is 1.90 bits per heavy atom. The largest absolute Gasteiger partial charge is 0.493 e. The average Bonchev–Trinajstić information content (AvgIpc) is 2.95. The Bertz CT molecular complexity index is 1050. The van der Waals surface area contributed by atoms with Crippen molar-refractivity contribution in [1.82, 2.24) is 4.98 Å². The fraction of sp³-hybridized carbons (Fsp3) is 0.476. The first-order valence-corrected chi connectivity index (χ1v) is 9.55. The summed E-state index contributed by atoms with van der Waals surface area (Å²) >= 11 is 0. The Morgan fingerprint density at radius 3 is 2.45 bits per heavy atom. The number of anilines is 1. The van der Waals surface area contributed by atoms with Crippen LogP contribution in [0, 0.1) is 24.5 Å². The fourth-order valence-electron chi connectivity index (χ4n) is 4.25. The van der Waals surface area contributed by atoms with Crippen molar-refractivity contribution in [2.24, 2.45) is 5.92 Å². The Labute approximate surface area is 175 Å². The highest BCUT2D eigenvalue weighted by atomic mass is 19.4. The molecule has 3 rings (SSSR count). The molecule has 1 aromatic carbocycles. The summed E-state index contributed by atoms with van der Waals surface area (Å²) in [7, 11) is 2.56. The van der Waals surface area contributed by atoms with E-state index in [4.69, 9.17) is 9.47 Å². The summed E-state index contributed by atoms with van der Waals surface area (Å²) < 4.78 is 81.0. The monoisotopic (exact) mass is 446 g/mol. The molecule has 0 aliphatic carbocycles. The van der Waals surface area contributed by atoms with Gasteiger partial charge in [0, 0.05) is 36.2 Å². The van der Waals surface area contributed by atoms with Crippen molar-refractivity contribution < 1.29 is 31.4 Å². The van der Waals surface area contributed by atoms with Gasteiger partial charge in [-0.05, 0) is 19.9 Å². The van der Waals surface area contributed by atoms with Gasteiger partial charge in [-0.1, -0.05) is 13.0 Å². The first-order valence-electron chi connectivity index (χ1n) is 9.55. The minimum Gasteiger partial charge on any atom is -0.493 e. The maximum atomic E-state index is 14.4. The molecule has 1 aromatic heterocycles. The van der Waals surface area contributed by atoms with Crippen molar-refractivity contribution in [3.8, 4) is 5.75 Å². The minimum absolute atomic E-state index is 0.0104. The summed E-state index contributed by atoms with van der Waals surface area (Å²) in [6.07, 6.45) is -6.09. The molecule has 2 aromatic rings. The third-order valence-electron chi connectivity index (χ3n) is 6.04. The van der Waals surface area contributed by atoms with Gasteiger partial charge in [0.05, 0.1) is 12.8 Å². The molecule has 170 valence electrons. The van der Waals surface area contributed by atoms with Gasteiger partial charge in [-0.3, -0.25) is 4.79 Å². The SMILES string of the molecule is CNc1c([C@@H]2O[C@@](C)(C(F)(F)F)[C@@H](C)[C@H]2c2ccc(F)c(F)c2OC)[nH]c(C)cc1=O. The Balaban J connectivity index is 2.32. The number of aromatic nitrogens is 1. The normalized spacial score (nSPS) is 26.2. The molecule has 10 heteroatoms. The van der Waals surface area contributed by atoms with Gasteiger partial charge < -0.3 is 19.8 Å². The lowest BCUT2D eigenvalue weighted by molar-refractivity contribution is -0.275. The van der Waals surface area contributed by atoms with Gasteiger partial charge in [0.2, 0.25) is 11.2 Å². The molecule has 1 saturated heterocycles. The number of aryl methyl sites for hydroxylation is 1. The second-order valence-corrected chi connectivity index (χ2v) is 7.80. The number of halogens is 5. The van der Waals surface area contributed by atoms with Crippen molar-refractivity contribution in [1.29, 1.82) is 0 Å². The number of rotatable bonds is 4. The number of hydrogen-bond acceptors (Lipinski definition) is 4. The lowest BCUT2D eigenvalue weighted by Gasteiger charge is -2.32. The molecule has 2 heterocycles. The van der Waals surface area contributed by atoms with Gasteiger partial charge >= 0.3 is 6.18 Å². The van der Waals surface area contributed by atoms with Crippen LogP contribution in [-0.4, -0.2) is 30.9 Å². The van der Waals surface area contributed by atoms with Gasteiger partial charge in [-0.2, -0.15) is 17.6 Å². The van der Waals surface area contributed by atoms with E-state index in [1.54, 1.807) is 6.92 Å².